The van der Waals surface area contributed by atoms with E-state index in [-0.39, 0.29) is 11.6 Å². The van der Waals surface area contributed by atoms with Crippen LogP contribution in [0.4, 0.5) is 11.4 Å². The van der Waals surface area contributed by atoms with Gasteiger partial charge < -0.3 is 10.2 Å². The van der Waals surface area contributed by atoms with Crippen LogP contribution < -0.4 is 5.32 Å². The van der Waals surface area contributed by atoms with Crippen molar-refractivity contribution >= 4 is 17.3 Å². The molecule has 0 spiro atoms. The van der Waals surface area contributed by atoms with Gasteiger partial charge in [0.1, 0.15) is 0 Å². The molecule has 0 aliphatic rings. The largest absolute Gasteiger partial charge is 0.326 e. The van der Waals surface area contributed by atoms with Crippen LogP contribution in [0.5, 0.6) is 0 Å². The van der Waals surface area contributed by atoms with Crippen LogP contribution in [0.3, 0.4) is 0 Å². The summed E-state index contributed by atoms with van der Waals surface area (Å²) < 4.78 is 0. The number of rotatable bonds is 8. The molecule has 0 saturated heterocycles. The maximum absolute atomic E-state index is 11.9. The Hall–Kier alpha value is -1.95. The van der Waals surface area contributed by atoms with Gasteiger partial charge in [0, 0.05) is 19.0 Å². The Kier molecular flexibility index (Phi) is 6.81. The van der Waals surface area contributed by atoms with E-state index in [1.165, 1.54) is 6.07 Å². The normalized spacial score (nSPS) is 10.7. The number of amides is 1. The van der Waals surface area contributed by atoms with Gasteiger partial charge in [-0.3, -0.25) is 14.9 Å². The van der Waals surface area contributed by atoms with E-state index in [4.69, 9.17) is 0 Å². The summed E-state index contributed by atoms with van der Waals surface area (Å²) in [6.07, 6.45) is 2.62. The topological polar surface area (TPSA) is 75.5 Å². The summed E-state index contributed by atoms with van der Waals surface area (Å²) in [5, 5.41) is 13.6. The maximum Gasteiger partial charge on any atom is 0.274 e. The minimum atomic E-state index is -0.441. The zero-order valence-corrected chi connectivity index (χ0v) is 12.9. The first kappa shape index (κ1) is 17.1. The van der Waals surface area contributed by atoms with Gasteiger partial charge in [-0.25, -0.2) is 0 Å². The van der Waals surface area contributed by atoms with Crippen molar-refractivity contribution in [3.05, 3.63) is 33.9 Å². The third kappa shape index (κ3) is 5.51. The Balaban J connectivity index is 2.55. The standard InChI is InChI=1S/C15H23N3O3/c1-4-5-10-17(3)11-9-15(19)16-13-7-6-8-14(12(13)2)18(20)21/h6-8H,4-5,9-11H2,1-3H3,(H,16,19). The van der Waals surface area contributed by atoms with Crippen molar-refractivity contribution in [3.63, 3.8) is 0 Å². The van der Waals surface area contributed by atoms with Gasteiger partial charge >= 0.3 is 0 Å². The Bertz CT molecular complexity index is 503. The fourth-order valence-corrected chi connectivity index (χ4v) is 2.00. The first-order valence-corrected chi connectivity index (χ1v) is 7.18. The van der Waals surface area contributed by atoms with Crippen LogP contribution in [0.25, 0.3) is 0 Å². The second-order valence-electron chi connectivity index (χ2n) is 5.16. The van der Waals surface area contributed by atoms with E-state index in [0.717, 1.165) is 19.4 Å². The number of nitro groups is 1. The van der Waals surface area contributed by atoms with Gasteiger partial charge in [0.05, 0.1) is 16.2 Å². The molecule has 116 valence electrons. The van der Waals surface area contributed by atoms with Crippen LogP contribution in [0.15, 0.2) is 18.2 Å². The number of unbranched alkanes of at least 4 members (excludes halogenated alkanes) is 1. The fraction of sp³-hybridized carbons (Fsp3) is 0.533. The van der Waals surface area contributed by atoms with Crippen molar-refractivity contribution in [2.75, 3.05) is 25.5 Å². The lowest BCUT2D eigenvalue weighted by Gasteiger charge is -2.16. The zero-order chi connectivity index (χ0) is 15.8. The molecule has 6 nitrogen and oxygen atoms in total. The molecular formula is C15H23N3O3. The molecule has 0 fully saturated rings. The Morgan fingerprint density at radius 3 is 2.71 bits per heavy atom. The molecule has 1 N–H and O–H groups in total. The van der Waals surface area contributed by atoms with Gasteiger partial charge in [0.25, 0.3) is 5.69 Å². The monoisotopic (exact) mass is 293 g/mol. The van der Waals surface area contributed by atoms with Crippen molar-refractivity contribution in [2.45, 2.75) is 33.1 Å². The molecule has 6 heteroatoms. The predicted molar refractivity (Wildman–Crippen MR) is 83.5 cm³/mol. The van der Waals surface area contributed by atoms with Crippen LogP contribution >= 0.6 is 0 Å². The number of hydrogen-bond donors (Lipinski definition) is 1. The molecular weight excluding hydrogens is 270 g/mol. The van der Waals surface area contributed by atoms with Crippen LogP contribution in [0.1, 0.15) is 31.7 Å². The molecule has 1 amide bonds. The van der Waals surface area contributed by atoms with Gasteiger partial charge in [0.15, 0.2) is 0 Å². The number of anilines is 1. The summed E-state index contributed by atoms with van der Waals surface area (Å²) in [7, 11) is 1.99. The lowest BCUT2D eigenvalue weighted by molar-refractivity contribution is -0.385. The summed E-state index contributed by atoms with van der Waals surface area (Å²) in [4.78, 5) is 24.5. The molecule has 1 aromatic carbocycles. The first-order chi connectivity index (χ1) is 9.95. The maximum atomic E-state index is 11.9. The fourth-order valence-electron chi connectivity index (χ4n) is 2.00. The predicted octanol–water partition coefficient (Wildman–Crippen LogP) is 2.96. The highest BCUT2D eigenvalue weighted by Crippen LogP contribution is 2.25. The van der Waals surface area contributed by atoms with Crippen molar-refractivity contribution in [1.82, 2.24) is 4.90 Å². The molecule has 21 heavy (non-hydrogen) atoms. The van der Waals surface area contributed by atoms with Crippen LogP contribution in [0.2, 0.25) is 0 Å². The minimum absolute atomic E-state index is 0.0212. The molecule has 0 heterocycles. The smallest absolute Gasteiger partial charge is 0.274 e. The number of hydrogen-bond acceptors (Lipinski definition) is 4. The van der Waals surface area contributed by atoms with E-state index in [2.05, 4.69) is 17.1 Å². The van der Waals surface area contributed by atoms with E-state index < -0.39 is 4.92 Å². The van der Waals surface area contributed by atoms with Gasteiger partial charge in [-0.15, -0.1) is 0 Å². The molecule has 0 aromatic heterocycles. The summed E-state index contributed by atoms with van der Waals surface area (Å²) in [5.41, 5.74) is 1.01. The van der Waals surface area contributed by atoms with Gasteiger partial charge in [-0.05, 0) is 33.0 Å². The summed E-state index contributed by atoms with van der Waals surface area (Å²) in [6, 6.07) is 4.69. The van der Waals surface area contributed by atoms with Crippen molar-refractivity contribution in [2.24, 2.45) is 0 Å². The SMILES string of the molecule is CCCCN(C)CCC(=O)Nc1cccc([N+](=O)[O-])c1C. The molecule has 1 rings (SSSR count). The second-order valence-corrected chi connectivity index (χ2v) is 5.16. The lowest BCUT2D eigenvalue weighted by Crippen LogP contribution is -2.25. The molecule has 0 bridgehead atoms. The van der Waals surface area contributed by atoms with E-state index in [0.29, 0.717) is 24.2 Å². The molecule has 0 radical (unpaired) electrons. The van der Waals surface area contributed by atoms with Gasteiger partial charge in [0.2, 0.25) is 5.91 Å². The molecule has 0 aliphatic carbocycles. The molecule has 1 aromatic rings. The average Bonchev–Trinajstić information content (AvgIpc) is 2.44. The molecule has 0 saturated carbocycles. The van der Waals surface area contributed by atoms with E-state index in [1.807, 2.05) is 7.05 Å². The van der Waals surface area contributed by atoms with Crippen LogP contribution in [-0.2, 0) is 4.79 Å². The van der Waals surface area contributed by atoms with Gasteiger partial charge in [-0.1, -0.05) is 19.4 Å². The minimum Gasteiger partial charge on any atom is -0.326 e. The Labute approximate surface area is 125 Å². The Morgan fingerprint density at radius 1 is 1.38 bits per heavy atom. The number of nitrogens with zero attached hydrogens (tertiary/aromatic N) is 2. The number of carbonyl (C=O) groups is 1. The average molecular weight is 293 g/mol. The number of nitro benzene ring substituents is 1. The van der Waals surface area contributed by atoms with Crippen LogP contribution in [0, 0.1) is 17.0 Å². The highest BCUT2D eigenvalue weighted by Gasteiger charge is 2.14. The summed E-state index contributed by atoms with van der Waals surface area (Å²) >= 11 is 0. The number of nitrogens with one attached hydrogen (secondary N) is 1. The molecule has 0 unspecified atom stereocenters. The third-order valence-corrected chi connectivity index (χ3v) is 3.39. The summed E-state index contributed by atoms with van der Waals surface area (Å²) in [6.45, 7) is 5.42. The van der Waals surface area contributed by atoms with Crippen molar-refractivity contribution in [3.8, 4) is 0 Å². The number of carbonyl (C=O) groups excluding carboxylic acids is 1. The van der Waals surface area contributed by atoms with E-state index in [9.17, 15) is 14.9 Å². The lowest BCUT2D eigenvalue weighted by atomic mass is 10.1. The van der Waals surface area contributed by atoms with E-state index in [1.54, 1.807) is 19.1 Å². The highest BCUT2D eigenvalue weighted by atomic mass is 16.6. The highest BCUT2D eigenvalue weighted by molar-refractivity contribution is 5.92. The van der Waals surface area contributed by atoms with Crippen molar-refractivity contribution in [1.29, 1.82) is 0 Å². The zero-order valence-electron chi connectivity index (χ0n) is 12.9. The quantitative estimate of drug-likeness (QED) is 0.590. The van der Waals surface area contributed by atoms with Crippen LogP contribution in [-0.4, -0.2) is 35.9 Å². The third-order valence-electron chi connectivity index (χ3n) is 3.39. The summed E-state index contributed by atoms with van der Waals surface area (Å²) in [5.74, 6) is -0.123. The first-order valence-electron chi connectivity index (χ1n) is 7.18. The second kappa shape index (κ2) is 8.36. The van der Waals surface area contributed by atoms with Gasteiger partial charge in [-0.2, -0.15) is 0 Å². The van der Waals surface area contributed by atoms with Crippen molar-refractivity contribution < 1.29 is 9.72 Å². The van der Waals surface area contributed by atoms with E-state index >= 15 is 0 Å². The number of benzene rings is 1. The molecule has 0 atom stereocenters. The Morgan fingerprint density at radius 2 is 2.10 bits per heavy atom. The molecule has 0 aliphatic heterocycles.